The van der Waals surface area contributed by atoms with Crippen LogP contribution < -0.4 is 5.32 Å². The number of hydrogen-bond donors (Lipinski definition) is 1. The lowest BCUT2D eigenvalue weighted by atomic mass is 10.1. The van der Waals surface area contributed by atoms with Crippen molar-refractivity contribution < 1.29 is 4.79 Å². The minimum absolute atomic E-state index is 0.0260. The molecule has 0 spiro atoms. The fourth-order valence-corrected chi connectivity index (χ4v) is 4.49. The molecular weight excluding hydrogens is 308 g/mol. The van der Waals surface area contributed by atoms with Gasteiger partial charge in [-0.15, -0.1) is 11.3 Å². The van der Waals surface area contributed by atoms with Gasteiger partial charge in [-0.1, -0.05) is 0 Å². The van der Waals surface area contributed by atoms with E-state index in [1.807, 2.05) is 27.1 Å². The number of rotatable bonds is 4. The lowest BCUT2D eigenvalue weighted by Crippen LogP contribution is -2.26. The highest BCUT2D eigenvalue weighted by Gasteiger charge is 2.34. The standard InChI is InChI=1S/C17H22N4OS/c1-10(14-8-20(3)19-11(14)2)18-17(22)15-6-12-7-21(13-4-5-13)9-16(12)23-15/h6,8,10,13H,4-5,7,9H2,1-3H3,(H,18,22). The van der Waals surface area contributed by atoms with Crippen molar-refractivity contribution in [2.75, 3.05) is 0 Å². The van der Waals surface area contributed by atoms with Gasteiger partial charge in [0.05, 0.1) is 16.6 Å². The normalized spacial score (nSPS) is 18.9. The Labute approximate surface area is 140 Å². The predicted molar refractivity (Wildman–Crippen MR) is 90.4 cm³/mol. The Morgan fingerprint density at radius 3 is 2.83 bits per heavy atom. The molecule has 2 aromatic rings. The van der Waals surface area contributed by atoms with Crippen molar-refractivity contribution in [1.82, 2.24) is 20.0 Å². The van der Waals surface area contributed by atoms with Crippen molar-refractivity contribution in [3.05, 3.63) is 38.8 Å². The Morgan fingerprint density at radius 1 is 1.43 bits per heavy atom. The van der Waals surface area contributed by atoms with Crippen molar-refractivity contribution >= 4 is 17.2 Å². The third kappa shape index (κ3) is 2.81. The molecule has 1 unspecified atom stereocenters. The third-order valence-corrected chi connectivity index (χ3v) is 5.93. The van der Waals surface area contributed by atoms with Crippen molar-refractivity contribution in [3.63, 3.8) is 0 Å². The second kappa shape index (κ2) is 5.46. The van der Waals surface area contributed by atoms with E-state index < -0.39 is 0 Å². The number of amides is 1. The molecule has 3 heterocycles. The van der Waals surface area contributed by atoms with E-state index in [9.17, 15) is 4.79 Å². The highest BCUT2D eigenvalue weighted by atomic mass is 32.1. The number of nitrogens with one attached hydrogen (secondary N) is 1. The van der Waals surface area contributed by atoms with Gasteiger partial charge in [0, 0.05) is 42.8 Å². The van der Waals surface area contributed by atoms with Gasteiger partial charge < -0.3 is 5.32 Å². The van der Waals surface area contributed by atoms with Crippen LogP contribution >= 0.6 is 11.3 Å². The molecule has 122 valence electrons. The zero-order chi connectivity index (χ0) is 16.1. The van der Waals surface area contributed by atoms with E-state index in [1.54, 1.807) is 16.0 Å². The molecule has 1 atom stereocenters. The van der Waals surface area contributed by atoms with Gasteiger partial charge in [-0.05, 0) is 38.3 Å². The van der Waals surface area contributed by atoms with Gasteiger partial charge in [-0.2, -0.15) is 5.10 Å². The minimum Gasteiger partial charge on any atom is -0.345 e. The van der Waals surface area contributed by atoms with Gasteiger partial charge in [-0.25, -0.2) is 0 Å². The summed E-state index contributed by atoms with van der Waals surface area (Å²) in [6, 6.07) is 2.84. The van der Waals surface area contributed by atoms with Crippen LogP contribution in [-0.2, 0) is 20.1 Å². The summed E-state index contributed by atoms with van der Waals surface area (Å²) in [4.78, 5) is 17.3. The SMILES string of the molecule is Cc1nn(C)cc1C(C)NC(=O)c1cc2c(s1)CN(C1CC1)C2. The Kier molecular flexibility index (Phi) is 3.54. The number of carbonyl (C=O) groups is 1. The second-order valence-electron chi connectivity index (χ2n) is 6.73. The van der Waals surface area contributed by atoms with E-state index in [0.717, 1.165) is 35.3 Å². The lowest BCUT2D eigenvalue weighted by molar-refractivity contribution is 0.0943. The molecule has 1 aliphatic carbocycles. The largest absolute Gasteiger partial charge is 0.345 e. The topological polar surface area (TPSA) is 50.2 Å². The lowest BCUT2D eigenvalue weighted by Gasteiger charge is -2.14. The summed E-state index contributed by atoms with van der Waals surface area (Å²) < 4.78 is 1.79. The molecule has 0 saturated heterocycles. The summed E-state index contributed by atoms with van der Waals surface area (Å²) >= 11 is 1.65. The maximum absolute atomic E-state index is 12.5. The van der Waals surface area contributed by atoms with Gasteiger partial charge in [0.25, 0.3) is 5.91 Å². The molecule has 2 aromatic heterocycles. The molecule has 2 aliphatic rings. The van der Waals surface area contributed by atoms with Crippen LogP contribution in [0.2, 0.25) is 0 Å². The summed E-state index contributed by atoms with van der Waals surface area (Å²) in [7, 11) is 1.90. The molecular formula is C17H22N4OS. The number of hydrogen-bond acceptors (Lipinski definition) is 4. The minimum atomic E-state index is -0.0314. The van der Waals surface area contributed by atoms with Crippen LogP contribution in [0.5, 0.6) is 0 Å². The van der Waals surface area contributed by atoms with Crippen LogP contribution in [0.15, 0.2) is 12.3 Å². The number of aromatic nitrogens is 2. The molecule has 4 rings (SSSR count). The van der Waals surface area contributed by atoms with E-state index in [1.165, 1.54) is 23.3 Å². The van der Waals surface area contributed by atoms with Gasteiger partial charge in [0.15, 0.2) is 0 Å². The first-order chi connectivity index (χ1) is 11.0. The molecule has 1 N–H and O–H groups in total. The molecule has 5 nitrogen and oxygen atoms in total. The van der Waals surface area contributed by atoms with E-state index in [0.29, 0.717) is 0 Å². The van der Waals surface area contributed by atoms with E-state index >= 15 is 0 Å². The number of aryl methyl sites for hydroxylation is 2. The highest BCUT2D eigenvalue weighted by molar-refractivity contribution is 7.14. The number of carbonyl (C=O) groups excluding carboxylic acids is 1. The highest BCUT2D eigenvalue weighted by Crippen LogP contribution is 2.38. The number of thiophene rings is 1. The maximum atomic E-state index is 12.5. The Hall–Kier alpha value is -1.66. The first-order valence-electron chi connectivity index (χ1n) is 8.18. The first-order valence-corrected chi connectivity index (χ1v) is 8.99. The number of fused-ring (bicyclic) bond motifs is 1. The van der Waals surface area contributed by atoms with Gasteiger partial charge in [-0.3, -0.25) is 14.4 Å². The monoisotopic (exact) mass is 330 g/mol. The van der Waals surface area contributed by atoms with E-state index in [2.05, 4.69) is 21.4 Å². The molecule has 23 heavy (non-hydrogen) atoms. The summed E-state index contributed by atoms with van der Waals surface area (Å²) in [6.07, 6.45) is 4.65. The zero-order valence-corrected chi connectivity index (χ0v) is 14.6. The van der Waals surface area contributed by atoms with Crippen molar-refractivity contribution in [2.45, 2.75) is 51.9 Å². The summed E-state index contributed by atoms with van der Waals surface area (Å²) in [5, 5.41) is 7.45. The van der Waals surface area contributed by atoms with Crippen LogP contribution in [0.3, 0.4) is 0 Å². The van der Waals surface area contributed by atoms with Crippen LogP contribution in [0.1, 0.15) is 57.2 Å². The maximum Gasteiger partial charge on any atom is 0.261 e. The summed E-state index contributed by atoms with van der Waals surface area (Å²) in [5.41, 5.74) is 3.39. The molecule has 0 aromatic carbocycles. The van der Waals surface area contributed by atoms with Crippen LogP contribution in [0.4, 0.5) is 0 Å². The predicted octanol–water partition coefficient (Wildman–Crippen LogP) is 2.76. The molecule has 1 amide bonds. The van der Waals surface area contributed by atoms with Crippen molar-refractivity contribution in [1.29, 1.82) is 0 Å². The van der Waals surface area contributed by atoms with Crippen molar-refractivity contribution in [3.8, 4) is 0 Å². The fourth-order valence-electron chi connectivity index (χ4n) is 3.39. The fraction of sp³-hybridized carbons (Fsp3) is 0.529. The second-order valence-corrected chi connectivity index (χ2v) is 7.87. The summed E-state index contributed by atoms with van der Waals surface area (Å²) in [5.74, 6) is 0.0260. The van der Waals surface area contributed by atoms with E-state index in [-0.39, 0.29) is 11.9 Å². The molecule has 1 aliphatic heterocycles. The Bertz CT molecular complexity index is 735. The van der Waals surface area contributed by atoms with Gasteiger partial charge in [0.2, 0.25) is 0 Å². The average Bonchev–Trinajstić information content (AvgIpc) is 3.00. The molecule has 6 heteroatoms. The number of nitrogens with zero attached hydrogens (tertiary/aromatic N) is 3. The third-order valence-electron chi connectivity index (χ3n) is 4.77. The zero-order valence-electron chi connectivity index (χ0n) is 13.8. The van der Waals surface area contributed by atoms with Gasteiger partial charge >= 0.3 is 0 Å². The molecule has 0 bridgehead atoms. The Morgan fingerprint density at radius 2 is 2.22 bits per heavy atom. The van der Waals surface area contributed by atoms with Gasteiger partial charge in [0.1, 0.15) is 0 Å². The average molecular weight is 330 g/mol. The first kappa shape index (κ1) is 14.9. The van der Waals surface area contributed by atoms with Crippen LogP contribution in [-0.4, -0.2) is 26.6 Å². The summed E-state index contributed by atoms with van der Waals surface area (Å²) in [6.45, 7) is 6.03. The molecule has 1 fully saturated rings. The van der Waals surface area contributed by atoms with Crippen LogP contribution in [0.25, 0.3) is 0 Å². The van der Waals surface area contributed by atoms with Crippen LogP contribution in [0, 0.1) is 6.92 Å². The molecule has 1 saturated carbocycles. The Balaban J connectivity index is 1.44. The van der Waals surface area contributed by atoms with Crippen molar-refractivity contribution in [2.24, 2.45) is 7.05 Å². The van der Waals surface area contributed by atoms with E-state index in [4.69, 9.17) is 0 Å². The molecule has 0 radical (unpaired) electrons. The quantitative estimate of drug-likeness (QED) is 0.938. The smallest absolute Gasteiger partial charge is 0.261 e.